The summed E-state index contributed by atoms with van der Waals surface area (Å²) >= 11 is 1.68. The average Bonchev–Trinajstić information content (AvgIpc) is 3.04. The fraction of sp³-hybridized carbons (Fsp3) is 0.450. The van der Waals surface area contributed by atoms with Crippen LogP contribution in [0.5, 0.6) is 0 Å². The van der Waals surface area contributed by atoms with Crippen molar-refractivity contribution in [2.45, 2.75) is 48.7 Å². The highest BCUT2D eigenvalue weighted by Crippen LogP contribution is 2.32. The normalized spacial score (nSPS) is 28.1. The molecule has 0 unspecified atom stereocenters. The molecule has 5 rings (SSSR count). The summed E-state index contributed by atoms with van der Waals surface area (Å²) in [6.45, 7) is 6.66. The van der Waals surface area contributed by atoms with Crippen LogP contribution < -0.4 is 5.32 Å². The lowest BCUT2D eigenvalue weighted by Gasteiger charge is -2.49. The molecule has 3 fully saturated rings. The Morgan fingerprint density at radius 2 is 1.88 bits per heavy atom. The van der Waals surface area contributed by atoms with Crippen LogP contribution in [-0.2, 0) is 0 Å². The van der Waals surface area contributed by atoms with Crippen molar-refractivity contribution >= 4 is 17.7 Å². The number of H-pyrrole nitrogens is 1. The van der Waals surface area contributed by atoms with Crippen molar-refractivity contribution < 1.29 is 4.79 Å². The van der Waals surface area contributed by atoms with Crippen molar-refractivity contribution in [1.29, 1.82) is 0 Å². The zero-order valence-corrected chi connectivity index (χ0v) is 15.6. The lowest BCUT2D eigenvalue weighted by atomic mass is 9.79. The van der Waals surface area contributed by atoms with Gasteiger partial charge in [0.2, 0.25) is 0 Å². The molecule has 0 spiro atoms. The molecule has 2 bridgehead atoms. The summed E-state index contributed by atoms with van der Waals surface area (Å²) in [5.74, 6) is 0.688. The molecule has 0 saturated carbocycles. The van der Waals surface area contributed by atoms with Crippen molar-refractivity contribution in [2.24, 2.45) is 5.92 Å². The standard InChI is InChI=1S/C20H25N3OS/c1-13-3-8-18(21-13)25-17-6-4-16(5-7-17)20(24)22-19-14(2)23-11-9-15(19)10-12-23/h3-8,14-15,19,21H,9-12H2,1-2H3,(H,22,24)/t14-,19+/m1/s1. The SMILES string of the molecule is Cc1ccc(Sc2ccc(C(=O)N[C@@H]3C4CCN(CC4)[C@@H]3C)cc2)[nH]1. The van der Waals surface area contributed by atoms with Crippen LogP contribution in [0.2, 0.25) is 0 Å². The third-order valence-corrected chi connectivity index (χ3v) is 6.59. The van der Waals surface area contributed by atoms with Gasteiger partial charge in [0.15, 0.2) is 0 Å². The van der Waals surface area contributed by atoms with E-state index in [1.54, 1.807) is 11.8 Å². The minimum absolute atomic E-state index is 0.0536. The summed E-state index contributed by atoms with van der Waals surface area (Å²) in [5, 5.41) is 4.42. The van der Waals surface area contributed by atoms with Crippen LogP contribution in [-0.4, -0.2) is 41.0 Å². The van der Waals surface area contributed by atoms with Crippen LogP contribution in [0.4, 0.5) is 0 Å². The Morgan fingerprint density at radius 1 is 1.16 bits per heavy atom. The number of rotatable bonds is 4. The van der Waals surface area contributed by atoms with Gasteiger partial charge in [0, 0.05) is 28.2 Å². The summed E-state index contributed by atoms with van der Waals surface area (Å²) in [5.41, 5.74) is 1.90. The molecule has 2 atom stereocenters. The fourth-order valence-electron chi connectivity index (χ4n) is 4.12. The number of aryl methyl sites for hydroxylation is 1. The monoisotopic (exact) mass is 355 g/mol. The number of nitrogens with zero attached hydrogens (tertiary/aromatic N) is 1. The molecule has 25 heavy (non-hydrogen) atoms. The molecule has 2 N–H and O–H groups in total. The molecule has 3 aliphatic heterocycles. The molecule has 132 valence electrons. The van der Waals surface area contributed by atoms with Crippen LogP contribution in [0.3, 0.4) is 0 Å². The summed E-state index contributed by atoms with van der Waals surface area (Å²) in [4.78, 5) is 19.6. The molecule has 5 heteroatoms. The Bertz CT molecular complexity index is 745. The summed E-state index contributed by atoms with van der Waals surface area (Å²) in [7, 11) is 0. The molecule has 1 aromatic carbocycles. The molecule has 1 aromatic heterocycles. The Hall–Kier alpha value is -1.72. The number of nitrogens with one attached hydrogen (secondary N) is 2. The maximum absolute atomic E-state index is 12.7. The highest BCUT2D eigenvalue weighted by atomic mass is 32.2. The molecular formula is C20H25N3OS. The number of piperidine rings is 3. The number of hydrogen-bond acceptors (Lipinski definition) is 3. The minimum Gasteiger partial charge on any atom is -0.354 e. The number of fused-ring (bicyclic) bond motifs is 3. The average molecular weight is 356 g/mol. The van der Waals surface area contributed by atoms with Crippen molar-refractivity contribution in [3.8, 4) is 0 Å². The zero-order chi connectivity index (χ0) is 17.4. The number of carbonyl (C=O) groups excluding carboxylic acids is 1. The van der Waals surface area contributed by atoms with E-state index < -0.39 is 0 Å². The zero-order valence-electron chi connectivity index (χ0n) is 14.8. The molecule has 4 heterocycles. The van der Waals surface area contributed by atoms with Gasteiger partial charge in [-0.3, -0.25) is 9.69 Å². The lowest BCUT2D eigenvalue weighted by molar-refractivity contribution is 0.0217. The van der Waals surface area contributed by atoms with Crippen molar-refractivity contribution in [1.82, 2.24) is 15.2 Å². The number of aromatic nitrogens is 1. The van der Waals surface area contributed by atoms with Gasteiger partial charge in [-0.2, -0.15) is 0 Å². The van der Waals surface area contributed by atoms with E-state index >= 15 is 0 Å². The van der Waals surface area contributed by atoms with E-state index in [2.05, 4.69) is 34.3 Å². The van der Waals surface area contributed by atoms with Gasteiger partial charge in [-0.15, -0.1) is 0 Å². The van der Waals surface area contributed by atoms with E-state index in [-0.39, 0.29) is 11.9 Å². The van der Waals surface area contributed by atoms with Crippen LogP contribution in [0.25, 0.3) is 0 Å². The number of amides is 1. The third-order valence-electron chi connectivity index (χ3n) is 5.62. The predicted octanol–water partition coefficient (Wildman–Crippen LogP) is 3.69. The topological polar surface area (TPSA) is 48.1 Å². The van der Waals surface area contributed by atoms with Gasteiger partial charge < -0.3 is 10.3 Å². The number of aromatic amines is 1. The number of benzene rings is 1. The van der Waals surface area contributed by atoms with Gasteiger partial charge in [0.05, 0.1) is 5.03 Å². The van der Waals surface area contributed by atoms with E-state index in [4.69, 9.17) is 0 Å². The Labute approximate surface area is 153 Å². The van der Waals surface area contributed by atoms with Crippen LogP contribution >= 0.6 is 11.8 Å². The quantitative estimate of drug-likeness (QED) is 0.879. The minimum atomic E-state index is 0.0536. The van der Waals surface area contributed by atoms with Crippen molar-refractivity contribution in [3.63, 3.8) is 0 Å². The third kappa shape index (κ3) is 3.48. The van der Waals surface area contributed by atoms with Crippen molar-refractivity contribution in [2.75, 3.05) is 13.1 Å². The second-order valence-electron chi connectivity index (χ2n) is 7.25. The molecule has 0 radical (unpaired) electrons. The van der Waals surface area contributed by atoms with Crippen molar-refractivity contribution in [3.05, 3.63) is 47.7 Å². The number of carbonyl (C=O) groups is 1. The van der Waals surface area contributed by atoms with Gasteiger partial charge >= 0.3 is 0 Å². The molecule has 0 aliphatic carbocycles. The van der Waals surface area contributed by atoms with Gasteiger partial charge in [0.1, 0.15) is 0 Å². The highest BCUT2D eigenvalue weighted by Gasteiger charge is 2.40. The second-order valence-corrected chi connectivity index (χ2v) is 8.36. The van der Waals surface area contributed by atoms with Gasteiger partial charge in [-0.05, 0) is 82.1 Å². The number of hydrogen-bond donors (Lipinski definition) is 2. The van der Waals surface area contributed by atoms with Gasteiger partial charge in [0.25, 0.3) is 5.91 Å². The predicted molar refractivity (Wildman–Crippen MR) is 101 cm³/mol. The Kier molecular flexibility index (Phi) is 4.61. The first-order valence-electron chi connectivity index (χ1n) is 9.08. The highest BCUT2D eigenvalue weighted by molar-refractivity contribution is 7.99. The van der Waals surface area contributed by atoms with E-state index in [9.17, 15) is 4.79 Å². The van der Waals surface area contributed by atoms with Crippen LogP contribution in [0.1, 0.15) is 35.8 Å². The fourth-order valence-corrected chi connectivity index (χ4v) is 4.99. The van der Waals surface area contributed by atoms with Crippen LogP contribution in [0, 0.1) is 12.8 Å². The van der Waals surface area contributed by atoms with Gasteiger partial charge in [-0.25, -0.2) is 0 Å². The summed E-state index contributed by atoms with van der Waals surface area (Å²) < 4.78 is 0. The molecule has 1 amide bonds. The summed E-state index contributed by atoms with van der Waals surface area (Å²) in [6, 6.07) is 12.8. The molecular weight excluding hydrogens is 330 g/mol. The van der Waals surface area contributed by atoms with Crippen LogP contribution in [0.15, 0.2) is 46.3 Å². The maximum atomic E-state index is 12.7. The van der Waals surface area contributed by atoms with Gasteiger partial charge in [-0.1, -0.05) is 11.8 Å². The van der Waals surface area contributed by atoms with E-state index in [1.165, 1.54) is 25.9 Å². The lowest BCUT2D eigenvalue weighted by Crippen LogP contribution is -2.62. The smallest absolute Gasteiger partial charge is 0.251 e. The van der Waals surface area contributed by atoms with E-state index in [0.29, 0.717) is 12.0 Å². The first-order valence-corrected chi connectivity index (χ1v) is 9.90. The molecule has 3 aliphatic rings. The second kappa shape index (κ2) is 6.89. The Morgan fingerprint density at radius 3 is 2.48 bits per heavy atom. The summed E-state index contributed by atoms with van der Waals surface area (Å²) in [6.07, 6.45) is 2.42. The van der Waals surface area contributed by atoms with E-state index in [0.717, 1.165) is 21.2 Å². The molecule has 2 aromatic rings. The first kappa shape index (κ1) is 16.7. The first-order chi connectivity index (χ1) is 12.1. The Balaban J connectivity index is 1.40. The maximum Gasteiger partial charge on any atom is 0.251 e. The largest absolute Gasteiger partial charge is 0.354 e. The van der Waals surface area contributed by atoms with E-state index in [1.807, 2.05) is 31.2 Å². The molecule has 3 saturated heterocycles. The molecule has 4 nitrogen and oxygen atoms in total.